The molecular formula is C21H27N5O4S. The summed E-state index contributed by atoms with van der Waals surface area (Å²) < 4.78 is 37.1. The predicted octanol–water partition coefficient (Wildman–Crippen LogP) is 2.06. The van der Waals surface area contributed by atoms with Crippen LogP contribution < -0.4 is 14.3 Å². The van der Waals surface area contributed by atoms with Crippen molar-refractivity contribution in [3.05, 3.63) is 40.7 Å². The van der Waals surface area contributed by atoms with Gasteiger partial charge in [0, 0.05) is 25.5 Å². The largest absolute Gasteiger partial charge is 0.376 e. The minimum absolute atomic E-state index is 0.129. The topological polar surface area (TPSA) is 106 Å². The molecule has 2 aromatic rings. The standard InChI is InChI=1S/C21H27N5O4S/c1-25-12-16(11-22-25)26(13-17-4-2-3-9-30-17)31(28,29)24-21(27)23-20-18-7-5-14(18)10-15-6-8-19(15)20/h10-12,17H,2-9,13H2,1H3,(H2,23,24,27)/t17-/m0/s1. The summed E-state index contributed by atoms with van der Waals surface area (Å²) >= 11 is 0. The van der Waals surface area contributed by atoms with Crippen molar-refractivity contribution in [1.29, 1.82) is 0 Å². The normalized spacial score (nSPS) is 19.5. The Bertz CT molecular complexity index is 1090. The number of urea groups is 1. The van der Waals surface area contributed by atoms with E-state index in [0.29, 0.717) is 12.3 Å². The molecule has 5 rings (SSSR count). The summed E-state index contributed by atoms with van der Waals surface area (Å²) in [6.45, 7) is 0.744. The molecule has 10 heteroatoms. The van der Waals surface area contributed by atoms with Crippen LogP contribution in [0.3, 0.4) is 0 Å². The molecule has 0 bridgehead atoms. The number of aryl methyl sites for hydroxylation is 3. The number of nitrogens with zero attached hydrogens (tertiary/aromatic N) is 3. The third-order valence-corrected chi connectivity index (χ3v) is 7.77. The number of nitrogens with one attached hydrogen (secondary N) is 2. The summed E-state index contributed by atoms with van der Waals surface area (Å²) in [4.78, 5) is 12.8. The van der Waals surface area contributed by atoms with Crippen molar-refractivity contribution >= 4 is 27.6 Å². The van der Waals surface area contributed by atoms with Gasteiger partial charge >= 0.3 is 16.2 Å². The maximum absolute atomic E-state index is 13.2. The lowest BCUT2D eigenvalue weighted by atomic mass is 9.76. The number of carbonyl (C=O) groups is 1. The Morgan fingerprint density at radius 3 is 2.52 bits per heavy atom. The number of anilines is 2. The third kappa shape index (κ3) is 3.89. The Kier molecular flexibility index (Phi) is 5.13. The zero-order valence-corrected chi connectivity index (χ0v) is 18.4. The molecule has 1 fully saturated rings. The van der Waals surface area contributed by atoms with Gasteiger partial charge in [0.15, 0.2) is 0 Å². The molecule has 0 spiro atoms. The zero-order chi connectivity index (χ0) is 21.6. The monoisotopic (exact) mass is 445 g/mol. The predicted molar refractivity (Wildman–Crippen MR) is 116 cm³/mol. The van der Waals surface area contributed by atoms with Crippen molar-refractivity contribution in [3.8, 4) is 0 Å². The molecule has 166 valence electrons. The summed E-state index contributed by atoms with van der Waals surface area (Å²) in [5.41, 5.74) is 5.95. The van der Waals surface area contributed by atoms with E-state index >= 15 is 0 Å². The Hall–Kier alpha value is -2.59. The van der Waals surface area contributed by atoms with Gasteiger partial charge in [0.2, 0.25) is 0 Å². The van der Waals surface area contributed by atoms with Gasteiger partial charge in [0.05, 0.1) is 24.5 Å². The molecule has 2 heterocycles. The van der Waals surface area contributed by atoms with E-state index in [0.717, 1.165) is 61.8 Å². The third-order valence-electron chi connectivity index (χ3n) is 6.39. The average molecular weight is 446 g/mol. The van der Waals surface area contributed by atoms with Gasteiger partial charge < -0.3 is 10.1 Å². The number of aromatic nitrogens is 2. The van der Waals surface area contributed by atoms with Crippen LogP contribution >= 0.6 is 0 Å². The summed E-state index contributed by atoms with van der Waals surface area (Å²) in [5.74, 6) is 0. The fraction of sp³-hybridized carbons (Fsp3) is 0.524. The lowest BCUT2D eigenvalue weighted by molar-refractivity contribution is 0.0228. The second-order valence-electron chi connectivity index (χ2n) is 8.48. The molecule has 0 saturated carbocycles. The first-order valence-electron chi connectivity index (χ1n) is 10.8. The fourth-order valence-electron chi connectivity index (χ4n) is 4.55. The molecule has 1 aromatic carbocycles. The minimum Gasteiger partial charge on any atom is -0.376 e. The highest BCUT2D eigenvalue weighted by Crippen LogP contribution is 2.40. The van der Waals surface area contributed by atoms with Crippen LogP contribution in [0.15, 0.2) is 18.5 Å². The first kappa shape index (κ1) is 20.3. The number of hydrogen-bond donors (Lipinski definition) is 2. The number of carbonyl (C=O) groups excluding carboxylic acids is 1. The van der Waals surface area contributed by atoms with Crippen LogP contribution in [0.25, 0.3) is 0 Å². The summed E-state index contributed by atoms with van der Waals surface area (Å²) in [5, 5.41) is 6.92. The summed E-state index contributed by atoms with van der Waals surface area (Å²) in [7, 11) is -2.43. The van der Waals surface area contributed by atoms with Crippen LogP contribution in [0.1, 0.15) is 41.5 Å². The quantitative estimate of drug-likeness (QED) is 0.708. The highest BCUT2D eigenvalue weighted by Gasteiger charge is 2.32. The first-order chi connectivity index (χ1) is 14.9. The van der Waals surface area contributed by atoms with Gasteiger partial charge in [-0.1, -0.05) is 6.07 Å². The molecule has 2 N–H and O–H groups in total. The smallest absolute Gasteiger partial charge is 0.334 e. The van der Waals surface area contributed by atoms with E-state index in [-0.39, 0.29) is 12.6 Å². The van der Waals surface area contributed by atoms with Gasteiger partial charge in [-0.2, -0.15) is 13.5 Å². The van der Waals surface area contributed by atoms with Gasteiger partial charge in [0.25, 0.3) is 0 Å². The number of amides is 2. The van der Waals surface area contributed by atoms with Crippen molar-refractivity contribution in [2.75, 3.05) is 22.8 Å². The van der Waals surface area contributed by atoms with E-state index in [4.69, 9.17) is 4.74 Å². The van der Waals surface area contributed by atoms with Gasteiger partial charge in [-0.05, 0) is 67.2 Å². The SMILES string of the molecule is Cn1cc(N(C[C@@H]2CCCCO2)S(=O)(=O)NC(=O)Nc2c3c(cc4c2CC4)CC3)cn1. The molecular weight excluding hydrogens is 418 g/mol. The summed E-state index contributed by atoms with van der Waals surface area (Å²) in [6.07, 6.45) is 9.44. The van der Waals surface area contributed by atoms with E-state index in [1.54, 1.807) is 13.2 Å². The van der Waals surface area contributed by atoms with Gasteiger partial charge in [-0.3, -0.25) is 4.68 Å². The van der Waals surface area contributed by atoms with Crippen LogP contribution in [0.2, 0.25) is 0 Å². The van der Waals surface area contributed by atoms with E-state index in [9.17, 15) is 13.2 Å². The number of ether oxygens (including phenoxy) is 1. The molecule has 31 heavy (non-hydrogen) atoms. The molecule has 1 aromatic heterocycles. The van der Waals surface area contributed by atoms with Gasteiger partial charge in [-0.25, -0.2) is 13.8 Å². The van der Waals surface area contributed by atoms with Crippen molar-refractivity contribution in [1.82, 2.24) is 14.5 Å². The average Bonchev–Trinajstić information content (AvgIpc) is 3.09. The Morgan fingerprint density at radius 2 is 1.97 bits per heavy atom. The first-order valence-corrected chi connectivity index (χ1v) is 12.2. The number of rotatable bonds is 6. The van der Waals surface area contributed by atoms with Crippen LogP contribution in [0, 0.1) is 0 Å². The Morgan fingerprint density at radius 1 is 1.23 bits per heavy atom. The molecule has 2 amide bonds. The second-order valence-corrected chi connectivity index (χ2v) is 10.1. The van der Waals surface area contributed by atoms with Crippen LogP contribution in [0.5, 0.6) is 0 Å². The molecule has 0 unspecified atom stereocenters. The van der Waals surface area contributed by atoms with E-state index in [1.165, 1.54) is 26.3 Å². The van der Waals surface area contributed by atoms with Gasteiger partial charge in [-0.15, -0.1) is 0 Å². The molecule has 1 aliphatic heterocycles. The number of fused-ring (bicyclic) bond motifs is 2. The van der Waals surface area contributed by atoms with Crippen molar-refractivity contribution < 1.29 is 17.9 Å². The highest BCUT2D eigenvalue weighted by molar-refractivity contribution is 7.91. The lowest BCUT2D eigenvalue weighted by Crippen LogP contribution is -2.48. The van der Waals surface area contributed by atoms with Crippen molar-refractivity contribution in [2.45, 2.75) is 51.0 Å². The summed E-state index contributed by atoms with van der Waals surface area (Å²) in [6, 6.07) is 1.47. The molecule has 1 saturated heterocycles. The van der Waals surface area contributed by atoms with E-state index in [2.05, 4.69) is 21.2 Å². The van der Waals surface area contributed by atoms with Crippen molar-refractivity contribution in [3.63, 3.8) is 0 Å². The minimum atomic E-state index is -4.15. The van der Waals surface area contributed by atoms with Gasteiger partial charge in [0.1, 0.15) is 0 Å². The highest BCUT2D eigenvalue weighted by atomic mass is 32.2. The zero-order valence-electron chi connectivity index (χ0n) is 17.6. The van der Waals surface area contributed by atoms with Crippen LogP contribution in [-0.4, -0.2) is 43.5 Å². The molecule has 2 aliphatic carbocycles. The van der Waals surface area contributed by atoms with Crippen LogP contribution in [0.4, 0.5) is 16.2 Å². The maximum atomic E-state index is 13.2. The molecule has 9 nitrogen and oxygen atoms in total. The van der Waals surface area contributed by atoms with Crippen molar-refractivity contribution in [2.24, 2.45) is 7.05 Å². The fourth-order valence-corrected chi connectivity index (χ4v) is 5.68. The lowest BCUT2D eigenvalue weighted by Gasteiger charge is -2.32. The number of benzene rings is 1. The molecule has 1 atom stereocenters. The Balaban J connectivity index is 1.35. The Labute approximate surface area is 181 Å². The second kappa shape index (κ2) is 7.83. The molecule has 0 radical (unpaired) electrons. The molecule has 3 aliphatic rings. The van der Waals surface area contributed by atoms with E-state index in [1.807, 2.05) is 0 Å². The van der Waals surface area contributed by atoms with Crippen LogP contribution in [-0.2, 0) is 47.7 Å². The number of hydrogen-bond acceptors (Lipinski definition) is 5. The van der Waals surface area contributed by atoms with E-state index < -0.39 is 16.2 Å². The maximum Gasteiger partial charge on any atom is 0.334 e.